The van der Waals surface area contributed by atoms with E-state index < -0.39 is 11.7 Å². The minimum atomic E-state index is -4.47. The van der Waals surface area contributed by atoms with Crippen LogP contribution in [-0.4, -0.2) is 6.41 Å². The van der Waals surface area contributed by atoms with Gasteiger partial charge in [0.15, 0.2) is 0 Å². The number of benzene rings is 1. The van der Waals surface area contributed by atoms with Crippen molar-refractivity contribution in [2.45, 2.75) is 6.18 Å². The van der Waals surface area contributed by atoms with E-state index in [4.69, 9.17) is 11.6 Å². The zero-order valence-electron chi connectivity index (χ0n) is 7.03. The third-order valence-electron chi connectivity index (χ3n) is 1.57. The summed E-state index contributed by atoms with van der Waals surface area (Å²) in [7, 11) is 0. The molecule has 1 amide bonds. The molecule has 0 aliphatic heterocycles. The lowest BCUT2D eigenvalue weighted by molar-refractivity contribution is -0.137. The fourth-order valence-corrected chi connectivity index (χ4v) is 1.90. The summed E-state index contributed by atoms with van der Waals surface area (Å²) in [4.78, 5) is 10.1. The lowest BCUT2D eigenvalue weighted by Crippen LogP contribution is -2.06. The first kappa shape index (κ1) is 12.3. The molecule has 0 atom stereocenters. The van der Waals surface area contributed by atoms with E-state index in [0.717, 1.165) is 12.1 Å². The van der Waals surface area contributed by atoms with E-state index >= 15 is 0 Å². The van der Waals surface area contributed by atoms with Gasteiger partial charge in [-0.05, 0) is 28.1 Å². The number of anilines is 1. The summed E-state index contributed by atoms with van der Waals surface area (Å²) in [6.07, 6.45) is -4.13. The van der Waals surface area contributed by atoms with Crippen molar-refractivity contribution in [2.75, 3.05) is 5.32 Å². The highest BCUT2D eigenvalue weighted by Crippen LogP contribution is 2.38. The molecule has 0 aliphatic carbocycles. The number of hydrogen-bond acceptors (Lipinski definition) is 1. The average molecular weight is 302 g/mol. The lowest BCUT2D eigenvalue weighted by Gasteiger charge is -2.11. The molecule has 0 radical (unpaired) electrons. The largest absolute Gasteiger partial charge is 0.416 e. The van der Waals surface area contributed by atoms with Crippen LogP contribution >= 0.6 is 27.5 Å². The molecule has 15 heavy (non-hydrogen) atoms. The van der Waals surface area contributed by atoms with Gasteiger partial charge in [-0.25, -0.2) is 0 Å². The SMILES string of the molecule is O=CNc1c(Cl)cc(C(F)(F)F)cc1Br. The van der Waals surface area contributed by atoms with Crippen molar-refractivity contribution in [3.8, 4) is 0 Å². The minimum absolute atomic E-state index is 0.0782. The molecule has 0 unspecified atom stereocenters. The predicted octanol–water partition coefficient (Wildman–Crippen LogP) is 3.69. The highest BCUT2D eigenvalue weighted by molar-refractivity contribution is 9.10. The van der Waals surface area contributed by atoms with Crippen LogP contribution in [0, 0.1) is 0 Å². The molecule has 2 nitrogen and oxygen atoms in total. The maximum Gasteiger partial charge on any atom is 0.416 e. The molecule has 0 aromatic heterocycles. The van der Waals surface area contributed by atoms with Crippen LogP contribution in [0.2, 0.25) is 5.02 Å². The van der Waals surface area contributed by atoms with Gasteiger partial charge in [0, 0.05) is 4.47 Å². The topological polar surface area (TPSA) is 29.1 Å². The molecule has 7 heteroatoms. The van der Waals surface area contributed by atoms with Crippen molar-refractivity contribution >= 4 is 39.6 Å². The number of alkyl halides is 3. The second-order valence-corrected chi connectivity index (χ2v) is 3.84. The van der Waals surface area contributed by atoms with Gasteiger partial charge < -0.3 is 5.32 Å². The Morgan fingerprint density at radius 3 is 2.40 bits per heavy atom. The first-order valence-electron chi connectivity index (χ1n) is 3.62. The van der Waals surface area contributed by atoms with Crippen LogP contribution in [0.15, 0.2) is 16.6 Å². The summed E-state index contributed by atoms with van der Waals surface area (Å²) >= 11 is 8.45. The molecular formula is C8H4BrClF3NO. The van der Waals surface area contributed by atoms with Crippen LogP contribution in [0.5, 0.6) is 0 Å². The van der Waals surface area contributed by atoms with Crippen LogP contribution in [0.4, 0.5) is 18.9 Å². The van der Waals surface area contributed by atoms with E-state index in [1.54, 1.807) is 0 Å². The Bertz CT molecular complexity index is 371. The Hall–Kier alpha value is -0.750. The van der Waals surface area contributed by atoms with Gasteiger partial charge >= 0.3 is 6.18 Å². The molecule has 0 spiro atoms. The molecule has 0 saturated heterocycles. The molecule has 0 aliphatic rings. The summed E-state index contributed by atoms with van der Waals surface area (Å²) in [5.41, 5.74) is -0.768. The second-order valence-electron chi connectivity index (χ2n) is 2.57. The van der Waals surface area contributed by atoms with Gasteiger partial charge in [-0.15, -0.1) is 0 Å². The molecule has 1 N–H and O–H groups in total. The van der Waals surface area contributed by atoms with Crippen LogP contribution in [0.1, 0.15) is 5.56 Å². The smallest absolute Gasteiger partial charge is 0.326 e. The summed E-state index contributed by atoms with van der Waals surface area (Å²) < 4.78 is 37.0. The molecule has 1 aromatic carbocycles. The maximum atomic E-state index is 12.3. The number of hydrogen-bond donors (Lipinski definition) is 1. The molecular weight excluding hydrogens is 298 g/mol. The molecule has 0 heterocycles. The fraction of sp³-hybridized carbons (Fsp3) is 0.125. The van der Waals surface area contributed by atoms with E-state index in [2.05, 4.69) is 21.2 Å². The summed E-state index contributed by atoms with van der Waals surface area (Å²) in [6.45, 7) is 0. The predicted molar refractivity (Wildman–Crippen MR) is 53.8 cm³/mol. The van der Waals surface area contributed by atoms with Gasteiger partial charge in [0.05, 0.1) is 16.3 Å². The third kappa shape index (κ3) is 2.85. The lowest BCUT2D eigenvalue weighted by atomic mass is 10.2. The van der Waals surface area contributed by atoms with E-state index in [1.165, 1.54) is 0 Å². The average Bonchev–Trinajstić information content (AvgIpc) is 2.09. The van der Waals surface area contributed by atoms with Gasteiger partial charge in [0.25, 0.3) is 0 Å². The van der Waals surface area contributed by atoms with Crippen molar-refractivity contribution in [3.63, 3.8) is 0 Å². The molecule has 0 bridgehead atoms. The van der Waals surface area contributed by atoms with Crippen LogP contribution in [0.25, 0.3) is 0 Å². The van der Waals surface area contributed by atoms with Gasteiger partial charge in [-0.1, -0.05) is 11.6 Å². The number of amides is 1. The molecule has 0 saturated carbocycles. The summed E-state index contributed by atoms with van der Waals surface area (Å²) in [5, 5.41) is 2.02. The first-order chi connectivity index (χ1) is 6.86. The van der Waals surface area contributed by atoms with E-state index in [-0.39, 0.29) is 15.2 Å². The normalized spacial score (nSPS) is 11.3. The summed E-state index contributed by atoms with van der Waals surface area (Å²) in [6, 6.07) is 1.59. The monoisotopic (exact) mass is 301 g/mol. The van der Waals surface area contributed by atoms with E-state index in [1.807, 2.05) is 0 Å². The van der Waals surface area contributed by atoms with Crippen LogP contribution in [0.3, 0.4) is 0 Å². The van der Waals surface area contributed by atoms with E-state index in [0.29, 0.717) is 6.41 Å². The molecule has 1 rings (SSSR count). The van der Waals surface area contributed by atoms with Crippen molar-refractivity contribution < 1.29 is 18.0 Å². The van der Waals surface area contributed by atoms with Crippen LogP contribution in [-0.2, 0) is 11.0 Å². The van der Waals surface area contributed by atoms with Gasteiger partial charge in [0.2, 0.25) is 6.41 Å². The zero-order valence-corrected chi connectivity index (χ0v) is 9.37. The van der Waals surface area contributed by atoms with Gasteiger partial charge in [-0.3, -0.25) is 4.79 Å². The highest BCUT2D eigenvalue weighted by Gasteiger charge is 2.31. The Morgan fingerprint density at radius 1 is 1.40 bits per heavy atom. The fourth-order valence-electron chi connectivity index (χ4n) is 0.934. The van der Waals surface area contributed by atoms with Crippen molar-refractivity contribution in [3.05, 3.63) is 27.2 Å². The maximum absolute atomic E-state index is 12.3. The van der Waals surface area contributed by atoms with Gasteiger partial charge in [-0.2, -0.15) is 13.2 Å². The standard InChI is InChI=1S/C8H4BrClF3NO/c9-5-1-4(8(11,12)13)2-6(10)7(5)14-3-15/h1-3H,(H,14,15). The molecule has 82 valence electrons. The highest BCUT2D eigenvalue weighted by atomic mass is 79.9. The number of rotatable bonds is 2. The zero-order chi connectivity index (χ0) is 11.6. The first-order valence-corrected chi connectivity index (χ1v) is 4.79. The molecule has 1 aromatic rings. The Balaban J connectivity index is 3.25. The van der Waals surface area contributed by atoms with Crippen molar-refractivity contribution in [1.82, 2.24) is 0 Å². The number of halogens is 5. The Morgan fingerprint density at radius 2 is 2.00 bits per heavy atom. The minimum Gasteiger partial charge on any atom is -0.326 e. The summed E-state index contributed by atoms with van der Waals surface area (Å²) in [5.74, 6) is 0. The van der Waals surface area contributed by atoms with E-state index in [9.17, 15) is 18.0 Å². The number of carbonyl (C=O) groups excluding carboxylic acids is 1. The second kappa shape index (κ2) is 4.40. The van der Waals surface area contributed by atoms with Gasteiger partial charge in [0.1, 0.15) is 0 Å². The van der Waals surface area contributed by atoms with Crippen molar-refractivity contribution in [2.24, 2.45) is 0 Å². The molecule has 0 fully saturated rings. The number of carbonyl (C=O) groups is 1. The number of nitrogens with one attached hydrogen (secondary N) is 1. The Labute approximate surface area is 96.5 Å². The Kier molecular flexibility index (Phi) is 3.62. The quantitative estimate of drug-likeness (QED) is 0.829. The third-order valence-corrected chi connectivity index (χ3v) is 2.50. The van der Waals surface area contributed by atoms with Crippen LogP contribution < -0.4 is 5.32 Å². The van der Waals surface area contributed by atoms with Crippen molar-refractivity contribution in [1.29, 1.82) is 0 Å².